The molecule has 0 saturated heterocycles. The molecule has 0 saturated carbocycles. The van der Waals surface area contributed by atoms with Crippen LogP contribution in [-0.2, 0) is 0 Å². The number of benzene rings is 2. The van der Waals surface area contributed by atoms with E-state index in [0.717, 1.165) is 18.2 Å². The molecule has 0 atom stereocenters. The first-order valence-corrected chi connectivity index (χ1v) is 6.14. The summed E-state index contributed by atoms with van der Waals surface area (Å²) in [6, 6.07) is 5.35. The molecule has 7 heteroatoms. The molecular formula is C13H8BrF3N2O. The molecule has 0 bridgehead atoms. The fourth-order valence-corrected chi connectivity index (χ4v) is 1.83. The van der Waals surface area contributed by atoms with Gasteiger partial charge in [-0.25, -0.2) is 13.2 Å². The van der Waals surface area contributed by atoms with Gasteiger partial charge in [-0.05, 0) is 46.3 Å². The molecule has 0 aliphatic carbocycles. The Hall–Kier alpha value is -2.02. The first kappa shape index (κ1) is 14.4. The van der Waals surface area contributed by atoms with Crippen LogP contribution in [0.2, 0.25) is 0 Å². The highest BCUT2D eigenvalue weighted by Gasteiger charge is 2.15. The van der Waals surface area contributed by atoms with Crippen LogP contribution in [0, 0.1) is 22.9 Å². The van der Waals surface area contributed by atoms with Crippen LogP contribution in [0.15, 0.2) is 34.8 Å². The third kappa shape index (κ3) is 2.93. The van der Waals surface area contributed by atoms with Gasteiger partial charge >= 0.3 is 0 Å². The van der Waals surface area contributed by atoms with E-state index in [1.54, 1.807) is 0 Å². The van der Waals surface area contributed by atoms with Gasteiger partial charge in [-0.2, -0.15) is 0 Å². The van der Waals surface area contributed by atoms with Crippen molar-refractivity contribution in [3.05, 3.63) is 57.8 Å². The van der Waals surface area contributed by atoms with Gasteiger partial charge in [0.05, 0.1) is 4.47 Å². The number of hydrogen-bond donors (Lipinski definition) is 2. The van der Waals surface area contributed by atoms with Crippen LogP contribution in [0.5, 0.6) is 11.5 Å². The van der Waals surface area contributed by atoms with Crippen molar-refractivity contribution < 1.29 is 17.9 Å². The third-order valence-electron chi connectivity index (χ3n) is 2.42. The smallest absolute Gasteiger partial charge is 0.198 e. The Bertz CT molecular complexity index is 668. The highest BCUT2D eigenvalue weighted by Crippen LogP contribution is 2.30. The molecule has 0 fully saturated rings. The molecule has 2 rings (SSSR count). The van der Waals surface area contributed by atoms with Crippen molar-refractivity contribution in [1.82, 2.24) is 0 Å². The summed E-state index contributed by atoms with van der Waals surface area (Å²) in [5, 5.41) is 7.13. The molecular weight excluding hydrogens is 337 g/mol. The Kier molecular flexibility index (Phi) is 3.99. The number of halogens is 4. The van der Waals surface area contributed by atoms with Crippen LogP contribution >= 0.6 is 15.9 Å². The zero-order chi connectivity index (χ0) is 14.9. The molecule has 0 amide bonds. The molecule has 0 aliphatic heterocycles. The Balaban J connectivity index is 2.38. The molecule has 0 unspecified atom stereocenters. The highest BCUT2D eigenvalue weighted by molar-refractivity contribution is 9.10. The topological polar surface area (TPSA) is 59.1 Å². The quantitative estimate of drug-likeness (QED) is 0.654. The van der Waals surface area contributed by atoms with Gasteiger partial charge in [-0.3, -0.25) is 5.41 Å². The van der Waals surface area contributed by atoms with Gasteiger partial charge in [0.2, 0.25) is 0 Å². The Morgan fingerprint density at radius 1 is 1.05 bits per heavy atom. The number of nitrogen functional groups attached to an aromatic ring is 1. The second-order valence-electron chi connectivity index (χ2n) is 3.86. The van der Waals surface area contributed by atoms with Crippen molar-refractivity contribution in [2.45, 2.75) is 0 Å². The van der Waals surface area contributed by atoms with Crippen LogP contribution in [-0.4, -0.2) is 5.84 Å². The molecule has 3 N–H and O–H groups in total. The minimum Gasteiger partial charge on any atom is -0.451 e. The standard InChI is InChI=1S/C13H8BrF3N2O/c14-8-5-7(1-2-9(8)15)20-12-10(16)3-6(13(18)19)4-11(12)17/h1-5H,(H3,18,19). The summed E-state index contributed by atoms with van der Waals surface area (Å²) in [5.41, 5.74) is 5.06. The molecule has 20 heavy (non-hydrogen) atoms. The molecule has 0 radical (unpaired) electrons. The highest BCUT2D eigenvalue weighted by atomic mass is 79.9. The van der Waals surface area contributed by atoms with Crippen LogP contribution in [0.3, 0.4) is 0 Å². The number of ether oxygens (including phenoxy) is 1. The largest absolute Gasteiger partial charge is 0.451 e. The normalized spacial score (nSPS) is 10.4. The number of hydrogen-bond acceptors (Lipinski definition) is 2. The van der Waals surface area contributed by atoms with Crippen LogP contribution in [0.1, 0.15) is 5.56 Å². The summed E-state index contributed by atoms with van der Waals surface area (Å²) >= 11 is 2.94. The Morgan fingerprint density at radius 2 is 1.65 bits per heavy atom. The zero-order valence-corrected chi connectivity index (χ0v) is 11.5. The lowest BCUT2D eigenvalue weighted by atomic mass is 10.2. The van der Waals surface area contributed by atoms with Gasteiger partial charge in [0.15, 0.2) is 17.4 Å². The van der Waals surface area contributed by atoms with E-state index in [9.17, 15) is 13.2 Å². The Morgan fingerprint density at radius 3 is 2.15 bits per heavy atom. The van der Waals surface area contributed by atoms with Crippen molar-refractivity contribution in [3.8, 4) is 11.5 Å². The maximum absolute atomic E-state index is 13.7. The zero-order valence-electron chi connectivity index (χ0n) is 9.88. The molecule has 2 aromatic rings. The summed E-state index contributed by atoms with van der Waals surface area (Å²) < 4.78 is 45.7. The predicted molar refractivity (Wildman–Crippen MR) is 71.5 cm³/mol. The van der Waals surface area contributed by atoms with E-state index in [2.05, 4.69) is 15.9 Å². The van der Waals surface area contributed by atoms with E-state index >= 15 is 0 Å². The number of nitrogens with one attached hydrogen (secondary N) is 1. The van der Waals surface area contributed by atoms with E-state index in [-0.39, 0.29) is 15.8 Å². The van der Waals surface area contributed by atoms with Gasteiger partial charge in [0.25, 0.3) is 0 Å². The van der Waals surface area contributed by atoms with Crippen LogP contribution in [0.25, 0.3) is 0 Å². The average Bonchev–Trinajstić information content (AvgIpc) is 2.37. The van der Waals surface area contributed by atoms with Gasteiger partial charge < -0.3 is 10.5 Å². The van der Waals surface area contributed by atoms with Crippen molar-refractivity contribution in [2.75, 3.05) is 0 Å². The fourth-order valence-electron chi connectivity index (χ4n) is 1.47. The maximum atomic E-state index is 13.7. The molecule has 0 heterocycles. The minimum absolute atomic E-state index is 0.0617. The van der Waals surface area contributed by atoms with Gasteiger partial charge in [0, 0.05) is 5.56 Å². The lowest BCUT2D eigenvalue weighted by molar-refractivity contribution is 0.406. The molecule has 0 aliphatic rings. The molecule has 104 valence electrons. The fraction of sp³-hybridized carbons (Fsp3) is 0. The number of amidine groups is 1. The van der Waals surface area contributed by atoms with Gasteiger partial charge in [0.1, 0.15) is 17.4 Å². The van der Waals surface area contributed by atoms with Crippen molar-refractivity contribution in [3.63, 3.8) is 0 Å². The summed E-state index contributed by atoms with van der Waals surface area (Å²) in [6.45, 7) is 0. The molecule has 3 nitrogen and oxygen atoms in total. The third-order valence-corrected chi connectivity index (χ3v) is 3.03. The summed E-state index contributed by atoms with van der Waals surface area (Å²) in [7, 11) is 0. The predicted octanol–water partition coefficient (Wildman–Crippen LogP) is 3.94. The monoisotopic (exact) mass is 344 g/mol. The lowest BCUT2D eigenvalue weighted by Gasteiger charge is -2.10. The number of rotatable bonds is 3. The van der Waals surface area contributed by atoms with Gasteiger partial charge in [-0.15, -0.1) is 0 Å². The van der Waals surface area contributed by atoms with E-state index in [0.29, 0.717) is 0 Å². The van der Waals surface area contributed by atoms with E-state index in [1.165, 1.54) is 12.1 Å². The SMILES string of the molecule is N=C(N)c1cc(F)c(Oc2ccc(F)c(Br)c2)c(F)c1. The summed E-state index contributed by atoms with van der Waals surface area (Å²) in [5.74, 6) is -3.57. The first-order chi connectivity index (χ1) is 9.38. The van der Waals surface area contributed by atoms with Crippen LogP contribution in [0.4, 0.5) is 13.2 Å². The number of nitrogens with two attached hydrogens (primary N) is 1. The second kappa shape index (κ2) is 5.54. The maximum Gasteiger partial charge on any atom is 0.198 e. The molecule has 0 spiro atoms. The average molecular weight is 345 g/mol. The molecule has 0 aromatic heterocycles. The molecule has 2 aromatic carbocycles. The van der Waals surface area contributed by atoms with Crippen molar-refractivity contribution in [2.24, 2.45) is 5.73 Å². The van der Waals surface area contributed by atoms with Gasteiger partial charge in [-0.1, -0.05) is 0 Å². The summed E-state index contributed by atoms with van der Waals surface area (Å²) in [6.07, 6.45) is 0. The lowest BCUT2D eigenvalue weighted by Crippen LogP contribution is -2.12. The van der Waals surface area contributed by atoms with E-state index in [1.807, 2.05) is 0 Å². The summed E-state index contributed by atoms with van der Waals surface area (Å²) in [4.78, 5) is 0. The second-order valence-corrected chi connectivity index (χ2v) is 4.72. The van der Waals surface area contributed by atoms with E-state index in [4.69, 9.17) is 15.9 Å². The first-order valence-electron chi connectivity index (χ1n) is 5.35. The Labute approximate surface area is 120 Å². The minimum atomic E-state index is -1.00. The van der Waals surface area contributed by atoms with Crippen LogP contribution < -0.4 is 10.5 Å². The van der Waals surface area contributed by atoms with Crippen molar-refractivity contribution in [1.29, 1.82) is 5.41 Å². The van der Waals surface area contributed by atoms with Crippen molar-refractivity contribution >= 4 is 21.8 Å². The van der Waals surface area contributed by atoms with E-state index < -0.39 is 29.0 Å².